The van der Waals surface area contributed by atoms with Gasteiger partial charge in [-0.15, -0.1) is 0 Å². The zero-order valence-electron chi connectivity index (χ0n) is 19.7. The lowest BCUT2D eigenvalue weighted by Crippen LogP contribution is -2.56. The summed E-state index contributed by atoms with van der Waals surface area (Å²) in [6, 6.07) is 9.35. The highest BCUT2D eigenvalue weighted by Gasteiger charge is 2.35. The van der Waals surface area contributed by atoms with Gasteiger partial charge in [0.25, 0.3) is 5.91 Å². The van der Waals surface area contributed by atoms with Crippen LogP contribution in [0.25, 0.3) is 0 Å². The van der Waals surface area contributed by atoms with Crippen molar-refractivity contribution in [2.45, 2.75) is 31.2 Å². The van der Waals surface area contributed by atoms with Crippen LogP contribution in [0.4, 0.5) is 26.7 Å². The van der Waals surface area contributed by atoms with Crippen LogP contribution in [0.3, 0.4) is 0 Å². The first-order valence-corrected chi connectivity index (χ1v) is 11.7. The highest BCUT2D eigenvalue weighted by molar-refractivity contribution is 5.94. The molecule has 4 rings (SSSR count). The van der Waals surface area contributed by atoms with Crippen LogP contribution in [0.2, 0.25) is 0 Å². The standard InChI is InChI=1S/C25H26F5N3O4/c26-23(27)37-21-3-1-2-17(13-21)22(34)31-20-12-18(16-4-6-19(7-5-16)25(28,29)30)14-33(15-20)24(35)32-8-10-36-11-9-32/h1-7,13,18,20,23H,8-12,14-15H2,(H,31,34). The van der Waals surface area contributed by atoms with Gasteiger partial charge in [0.15, 0.2) is 0 Å². The molecule has 2 aliphatic rings. The zero-order chi connectivity index (χ0) is 26.6. The first kappa shape index (κ1) is 26.6. The minimum atomic E-state index is -4.47. The van der Waals surface area contributed by atoms with E-state index < -0.39 is 30.3 Å². The van der Waals surface area contributed by atoms with E-state index in [-0.39, 0.29) is 36.4 Å². The lowest BCUT2D eigenvalue weighted by atomic mass is 9.87. The van der Waals surface area contributed by atoms with Crippen molar-refractivity contribution in [2.24, 2.45) is 0 Å². The number of morpholine rings is 1. The first-order valence-electron chi connectivity index (χ1n) is 11.7. The van der Waals surface area contributed by atoms with Gasteiger partial charge >= 0.3 is 18.8 Å². The number of rotatable bonds is 5. The van der Waals surface area contributed by atoms with E-state index in [1.54, 1.807) is 9.80 Å². The fourth-order valence-corrected chi connectivity index (χ4v) is 4.58. The molecule has 0 aromatic heterocycles. The Morgan fingerprint density at radius 2 is 1.70 bits per heavy atom. The maximum atomic E-state index is 13.2. The lowest BCUT2D eigenvalue weighted by Gasteiger charge is -2.41. The molecule has 200 valence electrons. The number of ether oxygens (including phenoxy) is 2. The second kappa shape index (κ2) is 11.3. The number of likely N-dealkylation sites (tertiary alicyclic amines) is 1. The molecule has 0 bridgehead atoms. The quantitative estimate of drug-likeness (QED) is 0.588. The summed E-state index contributed by atoms with van der Waals surface area (Å²) in [5.74, 6) is -1.05. The fraction of sp³-hybridized carbons (Fsp3) is 0.440. The number of urea groups is 1. The van der Waals surface area contributed by atoms with Gasteiger partial charge in [0.05, 0.1) is 18.8 Å². The highest BCUT2D eigenvalue weighted by atomic mass is 19.4. The third-order valence-electron chi connectivity index (χ3n) is 6.37. The van der Waals surface area contributed by atoms with E-state index in [9.17, 15) is 31.5 Å². The van der Waals surface area contributed by atoms with Crippen molar-refractivity contribution >= 4 is 11.9 Å². The maximum Gasteiger partial charge on any atom is 0.416 e. The Kier molecular flexibility index (Phi) is 8.16. The average Bonchev–Trinajstić information content (AvgIpc) is 2.88. The van der Waals surface area contributed by atoms with Crippen LogP contribution in [-0.4, -0.2) is 73.8 Å². The molecular formula is C25H26F5N3O4. The Morgan fingerprint density at radius 1 is 1.00 bits per heavy atom. The van der Waals surface area contributed by atoms with Crippen LogP contribution in [0.15, 0.2) is 48.5 Å². The van der Waals surface area contributed by atoms with Gasteiger partial charge in [-0.3, -0.25) is 4.79 Å². The molecule has 3 amide bonds. The summed E-state index contributed by atoms with van der Waals surface area (Å²) >= 11 is 0. The summed E-state index contributed by atoms with van der Waals surface area (Å²) in [6.45, 7) is -0.959. The maximum absolute atomic E-state index is 13.2. The number of nitrogens with one attached hydrogen (secondary N) is 1. The molecule has 2 atom stereocenters. The molecular weight excluding hydrogens is 501 g/mol. The molecule has 0 saturated carbocycles. The number of benzene rings is 2. The molecule has 2 unspecified atom stereocenters. The molecule has 2 fully saturated rings. The summed E-state index contributed by atoms with van der Waals surface area (Å²) in [5.41, 5.74) is -0.0658. The number of hydrogen-bond acceptors (Lipinski definition) is 4. The molecule has 0 aliphatic carbocycles. The molecule has 7 nitrogen and oxygen atoms in total. The van der Waals surface area contributed by atoms with E-state index in [1.807, 2.05) is 0 Å². The van der Waals surface area contributed by atoms with Crippen LogP contribution in [-0.2, 0) is 10.9 Å². The Hall–Kier alpha value is -3.41. The van der Waals surface area contributed by atoms with Crippen LogP contribution in [0.1, 0.15) is 33.8 Å². The number of amides is 3. The number of nitrogens with zero attached hydrogens (tertiary/aromatic N) is 2. The van der Waals surface area contributed by atoms with E-state index in [4.69, 9.17) is 4.74 Å². The summed E-state index contributed by atoms with van der Waals surface area (Å²) in [4.78, 5) is 29.4. The van der Waals surface area contributed by atoms with Crippen LogP contribution in [0.5, 0.6) is 5.75 Å². The monoisotopic (exact) mass is 527 g/mol. The van der Waals surface area contributed by atoms with E-state index in [2.05, 4.69) is 10.1 Å². The summed E-state index contributed by atoms with van der Waals surface area (Å²) < 4.78 is 73.9. The Bertz CT molecular complexity index is 1090. The molecule has 37 heavy (non-hydrogen) atoms. The van der Waals surface area contributed by atoms with E-state index >= 15 is 0 Å². The van der Waals surface area contributed by atoms with Crippen molar-refractivity contribution in [1.29, 1.82) is 0 Å². The van der Waals surface area contributed by atoms with Gasteiger partial charge in [-0.25, -0.2) is 4.79 Å². The number of piperidine rings is 1. The van der Waals surface area contributed by atoms with Gasteiger partial charge in [0, 0.05) is 43.7 Å². The first-order chi connectivity index (χ1) is 17.6. The van der Waals surface area contributed by atoms with Crippen molar-refractivity contribution in [1.82, 2.24) is 15.1 Å². The van der Waals surface area contributed by atoms with Gasteiger partial charge in [-0.2, -0.15) is 22.0 Å². The molecule has 2 aliphatic heterocycles. The molecule has 2 saturated heterocycles. The lowest BCUT2D eigenvalue weighted by molar-refractivity contribution is -0.137. The third-order valence-corrected chi connectivity index (χ3v) is 6.37. The average molecular weight is 527 g/mol. The molecule has 12 heteroatoms. The van der Waals surface area contributed by atoms with Gasteiger partial charge in [0.2, 0.25) is 0 Å². The molecule has 2 aromatic rings. The van der Waals surface area contributed by atoms with Gasteiger partial charge in [-0.05, 0) is 42.3 Å². The molecule has 2 heterocycles. The zero-order valence-corrected chi connectivity index (χ0v) is 19.7. The Balaban J connectivity index is 1.53. The van der Waals surface area contributed by atoms with Crippen molar-refractivity contribution in [3.63, 3.8) is 0 Å². The van der Waals surface area contributed by atoms with Crippen LogP contribution >= 0.6 is 0 Å². The predicted molar refractivity (Wildman–Crippen MR) is 122 cm³/mol. The predicted octanol–water partition coefficient (Wildman–Crippen LogP) is 4.35. The topological polar surface area (TPSA) is 71.1 Å². The van der Waals surface area contributed by atoms with Gasteiger partial charge in [-0.1, -0.05) is 18.2 Å². The highest BCUT2D eigenvalue weighted by Crippen LogP contribution is 2.33. The second-order valence-corrected chi connectivity index (χ2v) is 8.92. The largest absolute Gasteiger partial charge is 0.435 e. The van der Waals surface area contributed by atoms with Crippen molar-refractivity contribution in [3.05, 3.63) is 65.2 Å². The number of carbonyl (C=O) groups is 2. The van der Waals surface area contributed by atoms with Crippen molar-refractivity contribution in [3.8, 4) is 5.75 Å². The van der Waals surface area contributed by atoms with Gasteiger partial charge < -0.3 is 24.6 Å². The molecule has 1 N–H and O–H groups in total. The third kappa shape index (κ3) is 6.88. The molecule has 0 spiro atoms. The Morgan fingerprint density at radius 3 is 2.35 bits per heavy atom. The van der Waals surface area contributed by atoms with E-state index in [0.717, 1.165) is 12.1 Å². The number of hydrogen-bond donors (Lipinski definition) is 1. The van der Waals surface area contributed by atoms with Crippen molar-refractivity contribution < 1.29 is 41.0 Å². The summed E-state index contributed by atoms with van der Waals surface area (Å²) in [7, 11) is 0. The summed E-state index contributed by atoms with van der Waals surface area (Å²) in [5, 5.41) is 2.84. The number of halogens is 5. The van der Waals surface area contributed by atoms with Crippen molar-refractivity contribution in [2.75, 3.05) is 39.4 Å². The van der Waals surface area contributed by atoms with Crippen LogP contribution in [0, 0.1) is 0 Å². The van der Waals surface area contributed by atoms with E-state index in [1.165, 1.54) is 36.4 Å². The van der Waals surface area contributed by atoms with E-state index in [0.29, 0.717) is 38.3 Å². The number of alkyl halides is 5. The minimum Gasteiger partial charge on any atom is -0.435 e. The normalized spacial score (nSPS) is 20.6. The molecule has 2 aromatic carbocycles. The SMILES string of the molecule is O=C(NC1CC(c2ccc(C(F)(F)F)cc2)CN(C(=O)N2CCOCC2)C1)c1cccc(OC(F)F)c1. The second-order valence-electron chi connectivity index (χ2n) is 8.92. The smallest absolute Gasteiger partial charge is 0.416 e. The molecule has 0 radical (unpaired) electrons. The number of carbonyl (C=O) groups excluding carboxylic acids is 2. The summed E-state index contributed by atoms with van der Waals surface area (Å²) in [6.07, 6.45) is -4.10. The van der Waals surface area contributed by atoms with Gasteiger partial charge in [0.1, 0.15) is 5.75 Å². The van der Waals surface area contributed by atoms with Crippen LogP contribution < -0.4 is 10.1 Å². The minimum absolute atomic E-state index is 0.0980. The Labute approximate surface area is 210 Å². The fourth-order valence-electron chi connectivity index (χ4n) is 4.58.